The third kappa shape index (κ3) is 6.38. The molecule has 9 heteroatoms. The van der Waals surface area contributed by atoms with Gasteiger partial charge in [-0.25, -0.2) is 4.98 Å². The van der Waals surface area contributed by atoms with Gasteiger partial charge in [0.2, 0.25) is 12.3 Å². The van der Waals surface area contributed by atoms with Crippen LogP contribution < -0.4 is 10.6 Å². The number of carbonyl (C=O) groups excluding carboxylic acids is 2. The fourth-order valence-corrected chi connectivity index (χ4v) is 2.59. The zero-order valence-corrected chi connectivity index (χ0v) is 13.8. The highest BCUT2D eigenvalue weighted by Crippen LogP contribution is 2.19. The summed E-state index contributed by atoms with van der Waals surface area (Å²) >= 11 is 0. The van der Waals surface area contributed by atoms with Crippen LogP contribution in [0.4, 0.5) is 5.82 Å². The van der Waals surface area contributed by atoms with Gasteiger partial charge in [0.05, 0.1) is 18.6 Å². The average Bonchev–Trinajstić information content (AvgIpc) is 3.01. The van der Waals surface area contributed by atoms with E-state index in [1.165, 1.54) is 0 Å². The normalized spacial score (nSPS) is 19.4. The monoisotopic (exact) mass is 350 g/mol. The Morgan fingerprint density at radius 1 is 1.44 bits per heavy atom. The lowest BCUT2D eigenvalue weighted by Gasteiger charge is -2.19. The van der Waals surface area contributed by atoms with Gasteiger partial charge in [-0.1, -0.05) is 6.07 Å². The number of ether oxygens (including phenoxy) is 1. The van der Waals surface area contributed by atoms with Crippen LogP contribution in [0.5, 0.6) is 0 Å². The quantitative estimate of drug-likeness (QED) is 0.495. The molecule has 2 heterocycles. The van der Waals surface area contributed by atoms with Gasteiger partial charge >= 0.3 is 5.97 Å². The molecule has 1 fully saturated rings. The van der Waals surface area contributed by atoms with Crippen LogP contribution in [-0.4, -0.2) is 71.7 Å². The first-order valence-electron chi connectivity index (χ1n) is 8.04. The number of anilines is 1. The second-order valence-electron chi connectivity index (χ2n) is 5.71. The van der Waals surface area contributed by atoms with Gasteiger partial charge in [0.15, 0.2) is 0 Å². The number of carbonyl (C=O) groups is 3. The molecule has 136 valence electrons. The van der Waals surface area contributed by atoms with Gasteiger partial charge in [-0.2, -0.15) is 0 Å². The Morgan fingerprint density at radius 3 is 2.96 bits per heavy atom. The molecule has 0 bridgehead atoms. The van der Waals surface area contributed by atoms with Crippen molar-refractivity contribution >= 4 is 24.1 Å². The fourth-order valence-electron chi connectivity index (χ4n) is 2.59. The van der Waals surface area contributed by atoms with Crippen LogP contribution in [0.3, 0.4) is 0 Å². The molecule has 0 radical (unpaired) electrons. The molecule has 3 N–H and O–H groups in total. The maximum Gasteiger partial charge on any atom is 0.305 e. The van der Waals surface area contributed by atoms with E-state index in [-0.39, 0.29) is 37.6 Å². The molecule has 1 aliphatic rings. The molecule has 25 heavy (non-hydrogen) atoms. The number of pyridine rings is 1. The topological polar surface area (TPSA) is 121 Å². The Labute approximate surface area is 145 Å². The summed E-state index contributed by atoms with van der Waals surface area (Å²) in [6.07, 6.45) is 2.71. The number of amides is 2. The number of hydrogen-bond donors (Lipinski definition) is 3. The highest BCUT2D eigenvalue weighted by Gasteiger charge is 2.32. The maximum absolute atomic E-state index is 11.6. The van der Waals surface area contributed by atoms with Crippen LogP contribution in [0.2, 0.25) is 0 Å². The predicted molar refractivity (Wildman–Crippen MR) is 88.9 cm³/mol. The van der Waals surface area contributed by atoms with Gasteiger partial charge in [0.1, 0.15) is 12.4 Å². The van der Waals surface area contributed by atoms with Crippen molar-refractivity contribution in [1.29, 1.82) is 0 Å². The highest BCUT2D eigenvalue weighted by molar-refractivity contribution is 5.77. The van der Waals surface area contributed by atoms with Crippen molar-refractivity contribution in [3.05, 3.63) is 24.4 Å². The number of hydrogen-bond acceptors (Lipinski definition) is 6. The Bertz CT molecular complexity index is 583. The maximum atomic E-state index is 11.6. The minimum atomic E-state index is -0.970. The molecular weight excluding hydrogens is 328 g/mol. The Hall–Kier alpha value is -2.68. The van der Waals surface area contributed by atoms with E-state index in [4.69, 9.17) is 9.84 Å². The molecule has 0 aromatic carbocycles. The SMILES string of the molecule is O=CN1CC(OCC(=O)NCCC(=O)O)CC1CNc1ccccn1. The summed E-state index contributed by atoms with van der Waals surface area (Å²) in [5.41, 5.74) is 0. The summed E-state index contributed by atoms with van der Waals surface area (Å²) < 4.78 is 5.53. The summed E-state index contributed by atoms with van der Waals surface area (Å²) in [4.78, 5) is 39.0. The van der Waals surface area contributed by atoms with E-state index in [2.05, 4.69) is 15.6 Å². The summed E-state index contributed by atoms with van der Waals surface area (Å²) in [5, 5.41) is 14.2. The Morgan fingerprint density at radius 2 is 2.28 bits per heavy atom. The fraction of sp³-hybridized carbons (Fsp3) is 0.500. The minimum absolute atomic E-state index is 0.0421. The summed E-state index contributed by atoms with van der Waals surface area (Å²) in [5.74, 6) is -0.605. The number of nitrogens with one attached hydrogen (secondary N) is 2. The third-order valence-electron chi connectivity index (χ3n) is 3.85. The number of nitrogens with zero attached hydrogens (tertiary/aromatic N) is 2. The minimum Gasteiger partial charge on any atom is -0.481 e. The molecule has 1 aromatic heterocycles. The second-order valence-corrected chi connectivity index (χ2v) is 5.71. The molecule has 2 amide bonds. The molecule has 0 saturated carbocycles. The zero-order chi connectivity index (χ0) is 18.1. The summed E-state index contributed by atoms with van der Waals surface area (Å²) in [6.45, 7) is 0.873. The molecule has 9 nitrogen and oxygen atoms in total. The first kappa shape index (κ1) is 18.7. The number of aliphatic carboxylic acids is 1. The highest BCUT2D eigenvalue weighted by atomic mass is 16.5. The van der Waals surface area contributed by atoms with E-state index in [0.29, 0.717) is 19.5 Å². The number of carboxylic acids is 1. The molecule has 2 rings (SSSR count). The van der Waals surface area contributed by atoms with Gasteiger partial charge in [-0.3, -0.25) is 14.4 Å². The van der Waals surface area contributed by atoms with Crippen molar-refractivity contribution in [3.8, 4) is 0 Å². The number of rotatable bonds is 10. The van der Waals surface area contributed by atoms with Crippen LogP contribution in [0.1, 0.15) is 12.8 Å². The van der Waals surface area contributed by atoms with E-state index < -0.39 is 5.97 Å². The lowest BCUT2D eigenvalue weighted by atomic mass is 10.2. The third-order valence-corrected chi connectivity index (χ3v) is 3.85. The molecule has 2 unspecified atom stereocenters. The van der Waals surface area contributed by atoms with E-state index in [9.17, 15) is 14.4 Å². The summed E-state index contributed by atoms with van der Waals surface area (Å²) in [7, 11) is 0. The van der Waals surface area contributed by atoms with E-state index in [1.54, 1.807) is 11.1 Å². The van der Waals surface area contributed by atoms with Crippen LogP contribution >= 0.6 is 0 Å². The Balaban J connectivity index is 1.71. The van der Waals surface area contributed by atoms with Gasteiger partial charge in [-0.05, 0) is 18.6 Å². The lowest BCUT2D eigenvalue weighted by molar-refractivity contribution is -0.137. The number of aromatic nitrogens is 1. The van der Waals surface area contributed by atoms with Crippen molar-refractivity contribution in [1.82, 2.24) is 15.2 Å². The van der Waals surface area contributed by atoms with E-state index >= 15 is 0 Å². The number of carboxylic acid groups (broad SMARTS) is 1. The molecule has 1 aliphatic heterocycles. The van der Waals surface area contributed by atoms with Crippen molar-refractivity contribution in [2.75, 3.05) is 31.6 Å². The van der Waals surface area contributed by atoms with E-state index in [0.717, 1.165) is 12.2 Å². The first-order valence-corrected chi connectivity index (χ1v) is 8.04. The largest absolute Gasteiger partial charge is 0.481 e. The molecule has 1 aromatic rings. The van der Waals surface area contributed by atoms with Crippen molar-refractivity contribution < 1.29 is 24.2 Å². The smallest absolute Gasteiger partial charge is 0.305 e. The average molecular weight is 350 g/mol. The lowest BCUT2D eigenvalue weighted by Crippen LogP contribution is -2.34. The zero-order valence-electron chi connectivity index (χ0n) is 13.8. The molecule has 2 atom stereocenters. The van der Waals surface area contributed by atoms with Crippen LogP contribution in [0.15, 0.2) is 24.4 Å². The van der Waals surface area contributed by atoms with Gasteiger partial charge in [-0.15, -0.1) is 0 Å². The molecule has 1 saturated heterocycles. The van der Waals surface area contributed by atoms with Crippen LogP contribution in [-0.2, 0) is 19.1 Å². The van der Waals surface area contributed by atoms with Gasteiger partial charge in [0.25, 0.3) is 0 Å². The Kier molecular flexibility index (Phi) is 7.15. The van der Waals surface area contributed by atoms with Crippen molar-refractivity contribution in [2.45, 2.75) is 25.0 Å². The van der Waals surface area contributed by atoms with Crippen LogP contribution in [0, 0.1) is 0 Å². The van der Waals surface area contributed by atoms with Crippen molar-refractivity contribution in [2.24, 2.45) is 0 Å². The van der Waals surface area contributed by atoms with Gasteiger partial charge in [0, 0.05) is 25.8 Å². The van der Waals surface area contributed by atoms with Crippen LogP contribution in [0.25, 0.3) is 0 Å². The second kappa shape index (κ2) is 9.58. The first-order chi connectivity index (χ1) is 12.1. The predicted octanol–water partition coefficient (Wildman–Crippen LogP) is -0.300. The standard InChI is InChI=1S/C16H22N4O5/c21-11-20-9-13(25-10-15(22)18-6-4-16(23)24)7-12(20)8-19-14-3-1-2-5-17-14/h1-3,5,11-13H,4,6-10H2,(H,17,19)(H,18,22)(H,23,24). The molecular formula is C16H22N4O5. The summed E-state index contributed by atoms with van der Waals surface area (Å²) in [6, 6.07) is 5.50. The molecule has 0 aliphatic carbocycles. The van der Waals surface area contributed by atoms with E-state index in [1.807, 2.05) is 18.2 Å². The molecule has 0 spiro atoms. The van der Waals surface area contributed by atoms with Crippen molar-refractivity contribution in [3.63, 3.8) is 0 Å². The number of likely N-dealkylation sites (tertiary alicyclic amines) is 1. The van der Waals surface area contributed by atoms with Gasteiger partial charge < -0.3 is 25.4 Å².